The molecule has 0 radical (unpaired) electrons. The van der Waals surface area contributed by atoms with Gasteiger partial charge in [0.2, 0.25) is 0 Å². The van der Waals surface area contributed by atoms with E-state index in [1.807, 2.05) is 43.3 Å². The van der Waals surface area contributed by atoms with Gasteiger partial charge in [0.15, 0.2) is 11.5 Å². The minimum atomic E-state index is -0.217. The van der Waals surface area contributed by atoms with E-state index in [9.17, 15) is 0 Å². The quantitative estimate of drug-likeness (QED) is 0.923. The second-order valence-electron chi connectivity index (χ2n) is 4.56. The van der Waals surface area contributed by atoms with Gasteiger partial charge in [-0.15, -0.1) is 0 Å². The van der Waals surface area contributed by atoms with Crippen molar-refractivity contribution < 1.29 is 9.47 Å². The van der Waals surface area contributed by atoms with Gasteiger partial charge in [0, 0.05) is 4.47 Å². The van der Waals surface area contributed by atoms with E-state index in [1.165, 1.54) is 0 Å². The first-order chi connectivity index (χ1) is 9.58. The largest absolute Gasteiger partial charge is 0.493 e. The summed E-state index contributed by atoms with van der Waals surface area (Å²) in [6.07, 6.45) is 0. The van der Waals surface area contributed by atoms with Crippen LogP contribution in [0.25, 0.3) is 0 Å². The Labute approximate surface area is 127 Å². The molecule has 20 heavy (non-hydrogen) atoms. The van der Waals surface area contributed by atoms with E-state index < -0.39 is 0 Å². The zero-order valence-corrected chi connectivity index (χ0v) is 13.4. The minimum absolute atomic E-state index is 0.217. The van der Waals surface area contributed by atoms with Crippen LogP contribution in [0.4, 0.5) is 0 Å². The highest BCUT2D eigenvalue weighted by atomic mass is 79.9. The Balaban J connectivity index is 2.50. The van der Waals surface area contributed by atoms with Crippen LogP contribution in [0.1, 0.15) is 22.7 Å². The van der Waals surface area contributed by atoms with Gasteiger partial charge in [-0.05, 0) is 41.8 Å². The first-order valence-electron chi connectivity index (χ1n) is 6.31. The summed E-state index contributed by atoms with van der Waals surface area (Å²) in [4.78, 5) is 0. The molecule has 4 heteroatoms. The number of methoxy groups -OCH3 is 2. The zero-order valence-electron chi connectivity index (χ0n) is 11.8. The first kappa shape index (κ1) is 14.9. The Bertz CT molecular complexity index is 613. The Morgan fingerprint density at radius 1 is 1.00 bits per heavy atom. The van der Waals surface area contributed by atoms with Crippen LogP contribution in [-0.4, -0.2) is 14.2 Å². The number of nitrogens with two attached hydrogens (primary N) is 1. The first-order valence-corrected chi connectivity index (χ1v) is 7.10. The van der Waals surface area contributed by atoms with Gasteiger partial charge < -0.3 is 15.2 Å². The molecule has 0 heterocycles. The summed E-state index contributed by atoms with van der Waals surface area (Å²) in [6, 6.07) is 11.6. The van der Waals surface area contributed by atoms with Gasteiger partial charge in [-0.3, -0.25) is 0 Å². The summed E-state index contributed by atoms with van der Waals surface area (Å²) in [7, 11) is 3.26. The van der Waals surface area contributed by atoms with Crippen LogP contribution in [0.15, 0.2) is 40.9 Å². The molecule has 0 aromatic heterocycles. The number of halogens is 1. The lowest BCUT2D eigenvalue weighted by molar-refractivity contribution is 0.354. The molecule has 3 nitrogen and oxygen atoms in total. The van der Waals surface area contributed by atoms with Crippen molar-refractivity contribution in [1.29, 1.82) is 0 Å². The third kappa shape index (κ3) is 2.81. The third-order valence-electron chi connectivity index (χ3n) is 3.35. The molecule has 1 unspecified atom stereocenters. The van der Waals surface area contributed by atoms with Gasteiger partial charge in [-0.1, -0.05) is 34.1 Å². The lowest BCUT2D eigenvalue weighted by Crippen LogP contribution is -2.14. The van der Waals surface area contributed by atoms with Gasteiger partial charge in [-0.2, -0.15) is 0 Å². The number of benzene rings is 2. The van der Waals surface area contributed by atoms with Crippen LogP contribution in [0.2, 0.25) is 0 Å². The molecule has 0 saturated carbocycles. The Morgan fingerprint density at radius 3 is 2.20 bits per heavy atom. The number of hydrogen-bond donors (Lipinski definition) is 1. The van der Waals surface area contributed by atoms with Gasteiger partial charge >= 0.3 is 0 Å². The van der Waals surface area contributed by atoms with Crippen molar-refractivity contribution in [2.45, 2.75) is 13.0 Å². The normalized spacial score (nSPS) is 12.1. The van der Waals surface area contributed by atoms with Gasteiger partial charge in [0.05, 0.1) is 20.3 Å². The molecule has 0 aliphatic carbocycles. The summed E-state index contributed by atoms with van der Waals surface area (Å²) >= 11 is 3.55. The predicted molar refractivity (Wildman–Crippen MR) is 84.5 cm³/mol. The number of aryl methyl sites for hydroxylation is 1. The van der Waals surface area contributed by atoms with Crippen molar-refractivity contribution in [2.24, 2.45) is 5.73 Å². The second-order valence-corrected chi connectivity index (χ2v) is 5.42. The smallest absolute Gasteiger partial charge is 0.161 e. The molecule has 2 rings (SSSR count). The third-order valence-corrected chi connectivity index (χ3v) is 4.07. The molecule has 0 spiro atoms. The van der Waals surface area contributed by atoms with E-state index in [1.54, 1.807) is 14.2 Å². The number of ether oxygens (including phenoxy) is 2. The fraction of sp³-hybridized carbons (Fsp3) is 0.250. The molecule has 0 aliphatic rings. The molecule has 2 aromatic rings. The number of rotatable bonds is 4. The molecular formula is C16H18BrNO2. The summed E-state index contributed by atoms with van der Waals surface area (Å²) < 4.78 is 11.7. The fourth-order valence-corrected chi connectivity index (χ4v) is 2.76. The summed E-state index contributed by atoms with van der Waals surface area (Å²) in [6.45, 7) is 2.02. The molecule has 0 fully saturated rings. The van der Waals surface area contributed by atoms with Crippen LogP contribution in [-0.2, 0) is 0 Å². The highest BCUT2D eigenvalue weighted by Crippen LogP contribution is 2.35. The standard InChI is InChI=1S/C16H18BrNO2/c1-10-8-14(19-2)15(20-3)9-12(10)16(18)11-6-4-5-7-13(11)17/h4-9,16H,18H2,1-3H3. The molecule has 0 aliphatic heterocycles. The second kappa shape index (κ2) is 6.29. The zero-order chi connectivity index (χ0) is 14.7. The van der Waals surface area contributed by atoms with Crippen LogP contribution < -0.4 is 15.2 Å². The van der Waals surface area contributed by atoms with Crippen molar-refractivity contribution in [1.82, 2.24) is 0 Å². The SMILES string of the molecule is COc1cc(C)c(C(N)c2ccccc2Br)cc1OC. The summed E-state index contributed by atoms with van der Waals surface area (Å²) in [5, 5.41) is 0. The summed E-state index contributed by atoms with van der Waals surface area (Å²) in [5.41, 5.74) is 9.55. The molecule has 106 valence electrons. The average Bonchev–Trinajstić information content (AvgIpc) is 2.46. The van der Waals surface area contributed by atoms with Crippen LogP contribution >= 0.6 is 15.9 Å². The Kier molecular flexibility index (Phi) is 4.68. The maximum atomic E-state index is 6.41. The minimum Gasteiger partial charge on any atom is -0.493 e. The molecule has 0 bridgehead atoms. The van der Waals surface area contributed by atoms with Gasteiger partial charge in [-0.25, -0.2) is 0 Å². The highest BCUT2D eigenvalue weighted by Gasteiger charge is 2.17. The van der Waals surface area contributed by atoms with E-state index >= 15 is 0 Å². The predicted octanol–water partition coefficient (Wildman–Crippen LogP) is 3.82. The van der Waals surface area contributed by atoms with Crippen molar-refractivity contribution in [3.63, 3.8) is 0 Å². The van der Waals surface area contributed by atoms with E-state index in [2.05, 4.69) is 15.9 Å². The molecule has 2 aromatic carbocycles. The van der Waals surface area contributed by atoms with Crippen LogP contribution in [0.5, 0.6) is 11.5 Å². The summed E-state index contributed by atoms with van der Waals surface area (Å²) in [5.74, 6) is 1.41. The molecule has 0 saturated heterocycles. The molecular weight excluding hydrogens is 318 g/mol. The van der Waals surface area contributed by atoms with Gasteiger partial charge in [0.25, 0.3) is 0 Å². The van der Waals surface area contributed by atoms with Crippen molar-refractivity contribution in [3.8, 4) is 11.5 Å². The van der Waals surface area contributed by atoms with Gasteiger partial charge in [0.1, 0.15) is 0 Å². The maximum absolute atomic E-state index is 6.41. The van der Waals surface area contributed by atoms with Crippen molar-refractivity contribution in [3.05, 3.63) is 57.6 Å². The molecule has 2 N–H and O–H groups in total. The highest BCUT2D eigenvalue weighted by molar-refractivity contribution is 9.10. The van der Waals surface area contributed by atoms with E-state index in [4.69, 9.17) is 15.2 Å². The molecule has 1 atom stereocenters. The fourth-order valence-electron chi connectivity index (χ4n) is 2.23. The van der Waals surface area contributed by atoms with E-state index in [0.717, 1.165) is 21.2 Å². The van der Waals surface area contributed by atoms with Crippen molar-refractivity contribution >= 4 is 15.9 Å². The van der Waals surface area contributed by atoms with Crippen LogP contribution in [0, 0.1) is 6.92 Å². The maximum Gasteiger partial charge on any atom is 0.161 e. The van der Waals surface area contributed by atoms with Crippen molar-refractivity contribution in [2.75, 3.05) is 14.2 Å². The van der Waals surface area contributed by atoms with E-state index in [0.29, 0.717) is 11.5 Å². The van der Waals surface area contributed by atoms with E-state index in [-0.39, 0.29) is 6.04 Å². The molecule has 0 amide bonds. The lowest BCUT2D eigenvalue weighted by atomic mass is 9.95. The Hall–Kier alpha value is -1.52. The van der Waals surface area contributed by atoms with Crippen LogP contribution in [0.3, 0.4) is 0 Å². The number of hydrogen-bond acceptors (Lipinski definition) is 3. The topological polar surface area (TPSA) is 44.5 Å². The average molecular weight is 336 g/mol. The monoisotopic (exact) mass is 335 g/mol. The Morgan fingerprint density at radius 2 is 1.60 bits per heavy atom. The lowest BCUT2D eigenvalue weighted by Gasteiger charge is -2.19.